The summed E-state index contributed by atoms with van der Waals surface area (Å²) in [6.07, 6.45) is 4.67. The molecule has 0 aromatic heterocycles. The molecule has 0 saturated carbocycles. The van der Waals surface area contributed by atoms with Gasteiger partial charge in [-0.3, -0.25) is 4.79 Å². The molecule has 0 heterocycles. The summed E-state index contributed by atoms with van der Waals surface area (Å²) in [5.74, 6) is -0.949. The number of carbonyl (C=O) groups is 1. The van der Waals surface area contributed by atoms with Crippen molar-refractivity contribution in [3.8, 4) is 0 Å². The van der Waals surface area contributed by atoms with Crippen LogP contribution in [0, 0.1) is 0 Å². The van der Waals surface area contributed by atoms with Gasteiger partial charge in [-0.1, -0.05) is 33.1 Å². The van der Waals surface area contributed by atoms with Crippen molar-refractivity contribution in [3.05, 3.63) is 0 Å². The number of hydrogen-bond acceptors (Lipinski definition) is 3. The predicted molar refractivity (Wildman–Crippen MR) is 64.5 cm³/mol. The maximum absolute atomic E-state index is 10.4. The molecule has 4 nitrogen and oxygen atoms in total. The van der Waals surface area contributed by atoms with Gasteiger partial charge in [0.2, 0.25) is 0 Å². The first kappa shape index (κ1) is 15.4. The number of unbranched alkanes of at least 4 members (excludes halogenated alkanes) is 1. The molecule has 0 aliphatic heterocycles. The van der Waals surface area contributed by atoms with Crippen molar-refractivity contribution in [2.24, 2.45) is 0 Å². The summed E-state index contributed by atoms with van der Waals surface area (Å²) in [4.78, 5) is 10.4. The quantitative estimate of drug-likeness (QED) is 0.536. The fourth-order valence-corrected chi connectivity index (χ4v) is 1.72. The van der Waals surface area contributed by atoms with Crippen LogP contribution in [0.5, 0.6) is 0 Å². The molecule has 16 heavy (non-hydrogen) atoms. The average Bonchev–Trinajstić information content (AvgIpc) is 2.21. The molecular weight excluding hydrogens is 206 g/mol. The zero-order valence-electron chi connectivity index (χ0n) is 10.4. The Balaban J connectivity index is 3.76. The molecule has 3 N–H and O–H groups in total. The van der Waals surface area contributed by atoms with Crippen LogP contribution in [-0.4, -0.2) is 34.9 Å². The van der Waals surface area contributed by atoms with E-state index in [1.807, 2.05) is 0 Å². The first-order valence-corrected chi connectivity index (χ1v) is 6.23. The van der Waals surface area contributed by atoms with Gasteiger partial charge in [-0.15, -0.1) is 0 Å². The maximum atomic E-state index is 10.4. The number of aliphatic hydroxyl groups is 1. The third kappa shape index (κ3) is 8.68. The highest BCUT2D eigenvalue weighted by atomic mass is 16.4. The van der Waals surface area contributed by atoms with Gasteiger partial charge in [0.25, 0.3) is 0 Å². The molecule has 0 saturated heterocycles. The van der Waals surface area contributed by atoms with E-state index >= 15 is 0 Å². The number of carboxylic acid groups (broad SMARTS) is 1. The molecule has 0 radical (unpaired) electrons. The number of carboxylic acids is 1. The van der Waals surface area contributed by atoms with Crippen molar-refractivity contribution in [2.45, 2.75) is 64.5 Å². The Morgan fingerprint density at radius 1 is 1.25 bits per heavy atom. The zero-order valence-corrected chi connectivity index (χ0v) is 10.4. The van der Waals surface area contributed by atoms with Gasteiger partial charge in [0.15, 0.2) is 0 Å². The summed E-state index contributed by atoms with van der Waals surface area (Å²) in [6.45, 7) is 4.66. The number of rotatable bonds is 10. The molecule has 2 unspecified atom stereocenters. The monoisotopic (exact) mass is 231 g/mol. The molecular formula is C12H25NO3. The van der Waals surface area contributed by atoms with E-state index in [1.54, 1.807) is 0 Å². The molecule has 0 amide bonds. The van der Waals surface area contributed by atoms with E-state index in [0.29, 0.717) is 12.6 Å². The van der Waals surface area contributed by atoms with E-state index in [9.17, 15) is 9.90 Å². The van der Waals surface area contributed by atoms with Crippen LogP contribution in [0.3, 0.4) is 0 Å². The lowest BCUT2D eigenvalue weighted by molar-refractivity contribution is -0.139. The Morgan fingerprint density at radius 3 is 2.44 bits per heavy atom. The molecule has 0 aliphatic carbocycles. The molecule has 4 heteroatoms. The summed E-state index contributed by atoms with van der Waals surface area (Å²) in [6, 6.07) is 0.411. The smallest absolute Gasteiger partial charge is 0.306 e. The second kappa shape index (κ2) is 9.60. The Bertz CT molecular complexity index is 185. The van der Waals surface area contributed by atoms with Gasteiger partial charge in [-0.05, 0) is 12.8 Å². The van der Waals surface area contributed by atoms with Crippen molar-refractivity contribution in [1.82, 2.24) is 5.32 Å². The first-order chi connectivity index (χ1) is 7.60. The highest BCUT2D eigenvalue weighted by Gasteiger charge is 2.12. The second-order valence-electron chi connectivity index (χ2n) is 4.29. The van der Waals surface area contributed by atoms with E-state index in [2.05, 4.69) is 19.2 Å². The molecule has 0 bridgehead atoms. The van der Waals surface area contributed by atoms with Gasteiger partial charge in [0.05, 0.1) is 12.5 Å². The van der Waals surface area contributed by atoms with E-state index in [4.69, 9.17) is 5.11 Å². The van der Waals surface area contributed by atoms with Crippen LogP contribution < -0.4 is 5.32 Å². The Labute approximate surface area is 98.1 Å². The van der Waals surface area contributed by atoms with E-state index < -0.39 is 12.1 Å². The summed E-state index contributed by atoms with van der Waals surface area (Å²) >= 11 is 0. The van der Waals surface area contributed by atoms with Crippen molar-refractivity contribution >= 4 is 5.97 Å². The lowest BCUT2D eigenvalue weighted by Crippen LogP contribution is -2.36. The Hall–Kier alpha value is -0.610. The van der Waals surface area contributed by atoms with Crippen LogP contribution in [0.2, 0.25) is 0 Å². The molecule has 0 rings (SSSR count). The highest BCUT2D eigenvalue weighted by molar-refractivity contribution is 5.67. The number of hydrogen-bond donors (Lipinski definition) is 3. The molecule has 0 aromatic carbocycles. The van der Waals surface area contributed by atoms with Gasteiger partial charge < -0.3 is 15.5 Å². The van der Waals surface area contributed by atoms with Gasteiger partial charge in [0.1, 0.15) is 0 Å². The van der Waals surface area contributed by atoms with Gasteiger partial charge >= 0.3 is 5.97 Å². The predicted octanol–water partition coefficient (Wildman–Crippen LogP) is 1.77. The molecule has 0 fully saturated rings. The summed E-state index contributed by atoms with van der Waals surface area (Å²) < 4.78 is 0. The molecule has 0 aliphatic rings. The zero-order chi connectivity index (χ0) is 12.4. The lowest BCUT2D eigenvalue weighted by atomic mass is 10.0. The van der Waals surface area contributed by atoms with E-state index in [-0.39, 0.29) is 6.42 Å². The third-order valence-corrected chi connectivity index (χ3v) is 2.60. The van der Waals surface area contributed by atoms with Crippen LogP contribution in [0.15, 0.2) is 0 Å². The molecule has 0 aromatic rings. The van der Waals surface area contributed by atoms with Crippen LogP contribution >= 0.6 is 0 Å². The van der Waals surface area contributed by atoms with Gasteiger partial charge in [-0.25, -0.2) is 0 Å². The van der Waals surface area contributed by atoms with Crippen molar-refractivity contribution in [3.63, 3.8) is 0 Å². The average molecular weight is 231 g/mol. The Kier molecular flexibility index (Phi) is 9.24. The largest absolute Gasteiger partial charge is 0.481 e. The summed E-state index contributed by atoms with van der Waals surface area (Å²) in [5, 5.41) is 21.2. The van der Waals surface area contributed by atoms with Crippen LogP contribution in [0.4, 0.5) is 0 Å². The van der Waals surface area contributed by atoms with Gasteiger partial charge in [0, 0.05) is 12.6 Å². The van der Waals surface area contributed by atoms with Gasteiger partial charge in [-0.2, -0.15) is 0 Å². The maximum Gasteiger partial charge on any atom is 0.306 e. The lowest BCUT2D eigenvalue weighted by Gasteiger charge is -2.19. The highest BCUT2D eigenvalue weighted by Crippen LogP contribution is 2.07. The number of aliphatic carboxylic acids is 1. The Morgan fingerprint density at radius 2 is 1.94 bits per heavy atom. The fraction of sp³-hybridized carbons (Fsp3) is 0.917. The van der Waals surface area contributed by atoms with Crippen molar-refractivity contribution < 1.29 is 15.0 Å². The minimum atomic E-state index is -0.949. The minimum absolute atomic E-state index is 0.181. The van der Waals surface area contributed by atoms with E-state index in [0.717, 1.165) is 19.3 Å². The fourth-order valence-electron chi connectivity index (χ4n) is 1.72. The number of aliphatic hydroxyl groups excluding tert-OH is 1. The summed E-state index contributed by atoms with van der Waals surface area (Å²) in [7, 11) is 0. The normalized spacial score (nSPS) is 14.7. The van der Waals surface area contributed by atoms with Crippen LogP contribution in [0.1, 0.15) is 52.4 Å². The van der Waals surface area contributed by atoms with Crippen LogP contribution in [-0.2, 0) is 4.79 Å². The molecule has 0 spiro atoms. The van der Waals surface area contributed by atoms with Crippen molar-refractivity contribution in [2.75, 3.05) is 6.54 Å². The van der Waals surface area contributed by atoms with Crippen LogP contribution in [0.25, 0.3) is 0 Å². The molecule has 2 atom stereocenters. The summed E-state index contributed by atoms with van der Waals surface area (Å²) in [5.41, 5.74) is 0. The second-order valence-corrected chi connectivity index (χ2v) is 4.29. The number of nitrogens with one attached hydrogen (secondary N) is 1. The standard InChI is InChI=1S/C12H25NO3/c1-3-5-7-10(6-4-2)13-9-11(14)8-12(15)16/h10-11,13-14H,3-9H2,1-2H3,(H,15,16). The topological polar surface area (TPSA) is 69.6 Å². The van der Waals surface area contributed by atoms with Crippen molar-refractivity contribution in [1.29, 1.82) is 0 Å². The first-order valence-electron chi connectivity index (χ1n) is 6.23. The SMILES string of the molecule is CCCCC(CCC)NCC(O)CC(=O)O. The molecule has 96 valence electrons. The minimum Gasteiger partial charge on any atom is -0.481 e. The van der Waals surface area contributed by atoms with E-state index in [1.165, 1.54) is 12.8 Å². The third-order valence-electron chi connectivity index (χ3n) is 2.60.